The first-order valence-corrected chi connectivity index (χ1v) is 4.94. The number of carbonyl (C=O) groups is 1. The lowest BCUT2D eigenvalue weighted by atomic mass is 9.96. The number of aromatic nitrogens is 2. The molecule has 1 aromatic rings. The first kappa shape index (κ1) is 9.24. The van der Waals surface area contributed by atoms with Gasteiger partial charge in [0.1, 0.15) is 0 Å². The monoisotopic (exact) mass is 194 g/mol. The summed E-state index contributed by atoms with van der Waals surface area (Å²) in [6, 6.07) is 0. The summed E-state index contributed by atoms with van der Waals surface area (Å²) in [4.78, 5) is 14.8. The number of carboxylic acids is 1. The number of nitrogens with zero attached hydrogens (tertiary/aromatic N) is 2. The van der Waals surface area contributed by atoms with E-state index < -0.39 is 5.97 Å². The molecule has 1 aliphatic rings. The zero-order chi connectivity index (χ0) is 10.1. The van der Waals surface area contributed by atoms with E-state index in [1.165, 1.54) is 0 Å². The zero-order valence-electron chi connectivity index (χ0n) is 8.23. The molecule has 0 bridgehead atoms. The van der Waals surface area contributed by atoms with Gasteiger partial charge < -0.3 is 9.67 Å². The molecule has 0 amide bonds. The number of rotatable bonds is 2. The maximum Gasteiger partial charge on any atom is 0.309 e. The van der Waals surface area contributed by atoms with Crippen LogP contribution in [0.4, 0.5) is 0 Å². The van der Waals surface area contributed by atoms with E-state index in [9.17, 15) is 4.79 Å². The molecule has 1 unspecified atom stereocenters. The largest absolute Gasteiger partial charge is 0.481 e. The summed E-state index contributed by atoms with van der Waals surface area (Å²) in [5.41, 5.74) is 1.86. The Morgan fingerprint density at radius 3 is 3.29 bits per heavy atom. The van der Waals surface area contributed by atoms with E-state index in [-0.39, 0.29) is 6.42 Å². The van der Waals surface area contributed by atoms with Crippen LogP contribution in [0, 0.1) is 0 Å². The van der Waals surface area contributed by atoms with Crippen LogP contribution in [0.2, 0.25) is 0 Å². The van der Waals surface area contributed by atoms with Crippen molar-refractivity contribution in [1.82, 2.24) is 9.55 Å². The van der Waals surface area contributed by atoms with Crippen molar-refractivity contribution < 1.29 is 9.90 Å². The Morgan fingerprint density at radius 1 is 1.79 bits per heavy atom. The molecule has 1 atom stereocenters. The van der Waals surface area contributed by atoms with Crippen molar-refractivity contribution in [2.24, 2.45) is 0 Å². The normalized spacial score (nSPS) is 20.5. The van der Waals surface area contributed by atoms with Crippen molar-refractivity contribution >= 4 is 5.97 Å². The second-order valence-electron chi connectivity index (χ2n) is 3.88. The van der Waals surface area contributed by atoms with Crippen LogP contribution in [0.25, 0.3) is 0 Å². The Balaban J connectivity index is 2.33. The van der Waals surface area contributed by atoms with Crippen molar-refractivity contribution in [3.8, 4) is 0 Å². The molecule has 4 heteroatoms. The highest BCUT2D eigenvalue weighted by atomic mass is 16.4. The van der Waals surface area contributed by atoms with Crippen molar-refractivity contribution in [3.05, 3.63) is 17.7 Å². The number of aliphatic carboxylic acids is 1. The van der Waals surface area contributed by atoms with Gasteiger partial charge in [0.15, 0.2) is 0 Å². The molecular weight excluding hydrogens is 180 g/mol. The van der Waals surface area contributed by atoms with Gasteiger partial charge in [0.2, 0.25) is 0 Å². The topological polar surface area (TPSA) is 55.1 Å². The van der Waals surface area contributed by atoms with Crippen LogP contribution in [0.1, 0.15) is 37.1 Å². The van der Waals surface area contributed by atoms with Crippen molar-refractivity contribution in [2.75, 3.05) is 0 Å². The minimum absolute atomic E-state index is 0.0483. The van der Waals surface area contributed by atoms with Gasteiger partial charge >= 0.3 is 5.97 Å². The second-order valence-corrected chi connectivity index (χ2v) is 3.88. The van der Waals surface area contributed by atoms with Crippen molar-refractivity contribution in [3.63, 3.8) is 0 Å². The molecule has 0 aromatic carbocycles. The third-order valence-electron chi connectivity index (χ3n) is 2.78. The number of hydrogen-bond donors (Lipinski definition) is 1. The molecule has 1 aliphatic heterocycles. The fraction of sp³-hybridized carbons (Fsp3) is 0.600. The molecule has 0 radical (unpaired) electrons. The fourth-order valence-electron chi connectivity index (χ4n) is 2.16. The fourth-order valence-corrected chi connectivity index (χ4v) is 2.16. The third-order valence-corrected chi connectivity index (χ3v) is 2.78. The molecule has 0 spiro atoms. The van der Waals surface area contributed by atoms with E-state index in [4.69, 9.17) is 5.11 Å². The number of fused-ring (bicyclic) bond motifs is 1. The maximum atomic E-state index is 10.6. The molecule has 0 saturated heterocycles. The second kappa shape index (κ2) is 3.44. The Labute approximate surface area is 82.6 Å². The lowest BCUT2D eigenvalue weighted by Gasteiger charge is -2.21. The number of aryl methyl sites for hydroxylation is 1. The van der Waals surface area contributed by atoms with Crippen LogP contribution < -0.4 is 0 Å². The Hall–Kier alpha value is -1.32. The Kier molecular flexibility index (Phi) is 2.27. The van der Waals surface area contributed by atoms with Gasteiger partial charge in [-0.05, 0) is 18.8 Å². The summed E-state index contributed by atoms with van der Waals surface area (Å²) in [5, 5.41) is 8.72. The number of imidazole rings is 1. The molecule has 2 heterocycles. The summed E-state index contributed by atoms with van der Waals surface area (Å²) >= 11 is 0. The van der Waals surface area contributed by atoms with Crippen LogP contribution in [-0.4, -0.2) is 20.6 Å². The van der Waals surface area contributed by atoms with Crippen LogP contribution >= 0.6 is 0 Å². The van der Waals surface area contributed by atoms with Gasteiger partial charge in [0.05, 0.1) is 18.4 Å². The van der Waals surface area contributed by atoms with Crippen molar-refractivity contribution in [2.45, 2.75) is 38.6 Å². The van der Waals surface area contributed by atoms with Gasteiger partial charge in [-0.15, -0.1) is 0 Å². The number of carboxylic acid groups (broad SMARTS) is 1. The molecule has 0 aliphatic carbocycles. The quantitative estimate of drug-likeness (QED) is 0.774. The van der Waals surface area contributed by atoms with Gasteiger partial charge in [-0.2, -0.15) is 0 Å². The molecule has 0 saturated carbocycles. The molecule has 2 rings (SSSR count). The van der Waals surface area contributed by atoms with E-state index in [1.54, 1.807) is 6.33 Å². The first-order chi connectivity index (χ1) is 6.68. The van der Waals surface area contributed by atoms with E-state index in [2.05, 4.69) is 16.5 Å². The van der Waals surface area contributed by atoms with Gasteiger partial charge in [-0.3, -0.25) is 4.79 Å². The Morgan fingerprint density at radius 2 is 2.57 bits per heavy atom. The van der Waals surface area contributed by atoms with E-state index in [0.717, 1.165) is 30.8 Å². The van der Waals surface area contributed by atoms with E-state index in [0.29, 0.717) is 5.92 Å². The summed E-state index contributed by atoms with van der Waals surface area (Å²) in [6.45, 7) is 3.12. The van der Waals surface area contributed by atoms with Crippen LogP contribution in [0.15, 0.2) is 6.33 Å². The van der Waals surface area contributed by atoms with Gasteiger partial charge in [0.25, 0.3) is 0 Å². The van der Waals surface area contributed by atoms with Crippen LogP contribution in [-0.2, 0) is 17.8 Å². The zero-order valence-corrected chi connectivity index (χ0v) is 8.23. The first-order valence-electron chi connectivity index (χ1n) is 4.94. The third kappa shape index (κ3) is 1.52. The SMILES string of the molecule is CC1CCCn2cnc(CC(=O)O)c21. The van der Waals surface area contributed by atoms with Crippen LogP contribution in [0.5, 0.6) is 0 Å². The smallest absolute Gasteiger partial charge is 0.309 e. The lowest BCUT2D eigenvalue weighted by Crippen LogP contribution is -2.15. The highest BCUT2D eigenvalue weighted by Gasteiger charge is 2.22. The molecule has 76 valence electrons. The molecule has 14 heavy (non-hydrogen) atoms. The number of hydrogen-bond acceptors (Lipinski definition) is 2. The molecular formula is C10H14N2O2. The highest BCUT2D eigenvalue weighted by molar-refractivity contribution is 5.70. The molecule has 4 nitrogen and oxygen atoms in total. The molecule has 1 aromatic heterocycles. The highest BCUT2D eigenvalue weighted by Crippen LogP contribution is 2.28. The van der Waals surface area contributed by atoms with Gasteiger partial charge in [-0.1, -0.05) is 6.92 Å². The van der Waals surface area contributed by atoms with Crippen molar-refractivity contribution in [1.29, 1.82) is 0 Å². The molecule has 1 N–H and O–H groups in total. The van der Waals surface area contributed by atoms with Gasteiger partial charge in [0, 0.05) is 12.2 Å². The lowest BCUT2D eigenvalue weighted by molar-refractivity contribution is -0.136. The van der Waals surface area contributed by atoms with Gasteiger partial charge in [-0.25, -0.2) is 4.98 Å². The summed E-state index contributed by atoms with van der Waals surface area (Å²) < 4.78 is 2.09. The summed E-state index contributed by atoms with van der Waals surface area (Å²) in [7, 11) is 0. The summed E-state index contributed by atoms with van der Waals surface area (Å²) in [6.07, 6.45) is 4.12. The summed E-state index contributed by atoms with van der Waals surface area (Å²) in [5.74, 6) is -0.357. The minimum Gasteiger partial charge on any atom is -0.481 e. The maximum absolute atomic E-state index is 10.6. The van der Waals surface area contributed by atoms with E-state index >= 15 is 0 Å². The predicted octanol–water partition coefficient (Wildman–Crippen LogP) is 1.41. The standard InChI is InChI=1S/C10H14N2O2/c1-7-3-2-4-12-6-11-8(10(7)12)5-9(13)14/h6-7H,2-5H2,1H3,(H,13,14). The Bertz CT molecular complexity index is 357. The molecule has 0 fully saturated rings. The predicted molar refractivity (Wildman–Crippen MR) is 51.2 cm³/mol. The van der Waals surface area contributed by atoms with E-state index in [1.807, 2.05) is 0 Å². The average molecular weight is 194 g/mol. The van der Waals surface area contributed by atoms with Crippen LogP contribution in [0.3, 0.4) is 0 Å². The minimum atomic E-state index is -0.802. The average Bonchev–Trinajstić information content (AvgIpc) is 2.49.